The standard InChI is InChI=1S/C20H20Cl3N5/c1-19(2,24)12-25-18-27-16(26-17(28-18)20(21,22)23)15-10-8-14(9-11-15)13-6-4-3-5-7-13/h3-11H,12,24H2,1-2H3,(H,25,26,27,28). The van der Waals surface area contributed by atoms with E-state index in [9.17, 15) is 0 Å². The summed E-state index contributed by atoms with van der Waals surface area (Å²) in [6, 6.07) is 17.9. The fraction of sp³-hybridized carbons (Fsp3) is 0.250. The van der Waals surface area contributed by atoms with E-state index < -0.39 is 9.33 Å². The van der Waals surface area contributed by atoms with E-state index in [1.807, 2.05) is 56.3 Å². The molecular weight excluding hydrogens is 417 g/mol. The number of alkyl halides is 3. The summed E-state index contributed by atoms with van der Waals surface area (Å²) in [6.45, 7) is 4.23. The van der Waals surface area contributed by atoms with Crippen LogP contribution in [0.25, 0.3) is 22.5 Å². The van der Waals surface area contributed by atoms with E-state index in [4.69, 9.17) is 40.5 Å². The molecule has 0 unspecified atom stereocenters. The van der Waals surface area contributed by atoms with Crippen molar-refractivity contribution in [3.05, 3.63) is 60.4 Å². The van der Waals surface area contributed by atoms with Gasteiger partial charge in [-0.15, -0.1) is 0 Å². The van der Waals surface area contributed by atoms with E-state index in [1.165, 1.54) is 0 Å². The number of hydrogen-bond acceptors (Lipinski definition) is 5. The maximum atomic E-state index is 6.02. The summed E-state index contributed by atoms with van der Waals surface area (Å²) in [5.74, 6) is 0.761. The summed E-state index contributed by atoms with van der Waals surface area (Å²) < 4.78 is -1.77. The van der Waals surface area contributed by atoms with Gasteiger partial charge in [0.2, 0.25) is 9.74 Å². The SMILES string of the molecule is CC(C)(N)CNc1nc(-c2ccc(-c3ccccc3)cc2)nc(C(Cl)(Cl)Cl)n1. The summed E-state index contributed by atoms with van der Waals surface area (Å²) in [6.07, 6.45) is 0. The van der Waals surface area contributed by atoms with Crippen LogP contribution in [0.5, 0.6) is 0 Å². The summed E-state index contributed by atoms with van der Waals surface area (Å²) in [4.78, 5) is 13.0. The van der Waals surface area contributed by atoms with Crippen LogP contribution in [-0.2, 0) is 3.79 Å². The minimum Gasteiger partial charge on any atom is -0.352 e. The van der Waals surface area contributed by atoms with Crippen LogP contribution in [0.2, 0.25) is 0 Å². The summed E-state index contributed by atoms with van der Waals surface area (Å²) in [5.41, 5.74) is 8.56. The first kappa shape index (κ1) is 20.8. The third-order valence-corrected chi connectivity index (χ3v) is 4.35. The first-order chi connectivity index (χ1) is 13.1. The van der Waals surface area contributed by atoms with Crippen LogP contribution in [0.1, 0.15) is 19.7 Å². The van der Waals surface area contributed by atoms with Gasteiger partial charge in [0.1, 0.15) is 0 Å². The molecule has 0 radical (unpaired) electrons. The highest BCUT2D eigenvalue weighted by atomic mass is 35.6. The van der Waals surface area contributed by atoms with Gasteiger partial charge in [0, 0.05) is 17.6 Å². The molecule has 0 amide bonds. The summed E-state index contributed by atoms with van der Waals surface area (Å²) >= 11 is 18.0. The van der Waals surface area contributed by atoms with E-state index in [1.54, 1.807) is 0 Å². The number of rotatable bonds is 5. The Hall–Kier alpha value is -1.92. The van der Waals surface area contributed by atoms with Crippen molar-refractivity contribution in [2.24, 2.45) is 5.73 Å². The molecule has 0 spiro atoms. The van der Waals surface area contributed by atoms with Crippen molar-refractivity contribution >= 4 is 40.8 Å². The molecule has 0 saturated heterocycles. The lowest BCUT2D eigenvalue weighted by molar-refractivity contribution is 0.547. The number of hydrogen-bond donors (Lipinski definition) is 2. The van der Waals surface area contributed by atoms with Gasteiger partial charge >= 0.3 is 0 Å². The van der Waals surface area contributed by atoms with Crippen LogP contribution in [-0.4, -0.2) is 27.0 Å². The molecule has 5 nitrogen and oxygen atoms in total. The summed E-state index contributed by atoms with van der Waals surface area (Å²) in [5, 5.41) is 3.08. The Morgan fingerprint density at radius 2 is 1.39 bits per heavy atom. The zero-order valence-electron chi connectivity index (χ0n) is 15.5. The number of halogens is 3. The Morgan fingerprint density at radius 3 is 1.96 bits per heavy atom. The Morgan fingerprint density at radius 1 is 0.821 bits per heavy atom. The Balaban J connectivity index is 1.95. The fourth-order valence-corrected chi connectivity index (χ4v) is 2.71. The van der Waals surface area contributed by atoms with Gasteiger partial charge in [-0.05, 0) is 25.0 Å². The van der Waals surface area contributed by atoms with E-state index in [0.717, 1.165) is 16.7 Å². The van der Waals surface area contributed by atoms with Gasteiger partial charge in [0.25, 0.3) is 0 Å². The number of benzene rings is 2. The molecule has 28 heavy (non-hydrogen) atoms. The van der Waals surface area contributed by atoms with Crippen molar-refractivity contribution in [3.8, 4) is 22.5 Å². The van der Waals surface area contributed by atoms with E-state index in [0.29, 0.717) is 18.3 Å². The molecule has 0 aliphatic carbocycles. The van der Waals surface area contributed by atoms with E-state index in [-0.39, 0.29) is 5.82 Å². The van der Waals surface area contributed by atoms with Crippen LogP contribution in [0.15, 0.2) is 54.6 Å². The minimum absolute atomic E-state index is 0.0481. The lowest BCUT2D eigenvalue weighted by atomic mass is 10.0. The van der Waals surface area contributed by atoms with Gasteiger partial charge in [0.05, 0.1) is 0 Å². The first-order valence-electron chi connectivity index (χ1n) is 8.64. The predicted octanol–water partition coefficient (Wildman–Crippen LogP) is 5.18. The normalized spacial score (nSPS) is 12.1. The van der Waals surface area contributed by atoms with Crippen LogP contribution in [0.4, 0.5) is 5.95 Å². The van der Waals surface area contributed by atoms with Crippen LogP contribution in [0, 0.1) is 0 Å². The van der Waals surface area contributed by atoms with Crippen LogP contribution >= 0.6 is 34.8 Å². The lowest BCUT2D eigenvalue weighted by Crippen LogP contribution is -2.40. The Labute approximate surface area is 179 Å². The topological polar surface area (TPSA) is 76.7 Å². The second-order valence-corrected chi connectivity index (χ2v) is 9.37. The maximum Gasteiger partial charge on any atom is 0.250 e. The van der Waals surface area contributed by atoms with Crippen molar-refractivity contribution in [3.63, 3.8) is 0 Å². The molecule has 3 N–H and O–H groups in total. The number of aromatic nitrogens is 3. The third-order valence-electron chi connectivity index (χ3n) is 3.84. The quantitative estimate of drug-likeness (QED) is 0.539. The van der Waals surface area contributed by atoms with Crippen molar-refractivity contribution in [2.75, 3.05) is 11.9 Å². The molecular formula is C20H20Cl3N5. The fourth-order valence-electron chi connectivity index (χ4n) is 2.46. The number of nitrogens with zero attached hydrogens (tertiary/aromatic N) is 3. The molecule has 0 bridgehead atoms. The Kier molecular flexibility index (Phi) is 6.10. The van der Waals surface area contributed by atoms with Crippen molar-refractivity contribution in [1.29, 1.82) is 0 Å². The van der Waals surface area contributed by atoms with Gasteiger partial charge in [-0.1, -0.05) is 89.4 Å². The molecule has 0 aliphatic rings. The molecule has 146 valence electrons. The highest BCUT2D eigenvalue weighted by Crippen LogP contribution is 2.37. The third kappa shape index (κ3) is 5.55. The second-order valence-electron chi connectivity index (χ2n) is 7.09. The second kappa shape index (κ2) is 8.21. The lowest BCUT2D eigenvalue weighted by Gasteiger charge is -2.20. The van der Waals surface area contributed by atoms with Crippen LogP contribution in [0.3, 0.4) is 0 Å². The van der Waals surface area contributed by atoms with Gasteiger partial charge in [-0.3, -0.25) is 0 Å². The highest BCUT2D eigenvalue weighted by Gasteiger charge is 2.28. The predicted molar refractivity (Wildman–Crippen MR) is 117 cm³/mol. The van der Waals surface area contributed by atoms with Crippen molar-refractivity contribution in [1.82, 2.24) is 15.0 Å². The highest BCUT2D eigenvalue weighted by molar-refractivity contribution is 6.66. The molecule has 2 aromatic carbocycles. The molecule has 3 aromatic rings. The smallest absolute Gasteiger partial charge is 0.250 e. The summed E-state index contributed by atoms with van der Waals surface area (Å²) in [7, 11) is 0. The van der Waals surface area contributed by atoms with E-state index in [2.05, 4.69) is 32.4 Å². The van der Waals surface area contributed by atoms with Gasteiger partial charge in [-0.25, -0.2) is 4.98 Å². The van der Waals surface area contributed by atoms with E-state index >= 15 is 0 Å². The maximum absolute atomic E-state index is 6.02. The molecule has 0 saturated carbocycles. The van der Waals surface area contributed by atoms with Gasteiger partial charge in [-0.2, -0.15) is 9.97 Å². The number of nitrogens with two attached hydrogens (primary N) is 1. The molecule has 8 heteroatoms. The molecule has 3 rings (SSSR count). The zero-order chi connectivity index (χ0) is 20.4. The Bertz CT molecular complexity index is 933. The average Bonchev–Trinajstić information content (AvgIpc) is 2.66. The number of anilines is 1. The van der Waals surface area contributed by atoms with Gasteiger partial charge < -0.3 is 11.1 Å². The average molecular weight is 437 g/mol. The number of nitrogens with one attached hydrogen (secondary N) is 1. The minimum atomic E-state index is -1.77. The molecule has 0 atom stereocenters. The molecule has 1 aromatic heterocycles. The zero-order valence-corrected chi connectivity index (χ0v) is 17.7. The molecule has 0 aliphatic heterocycles. The largest absolute Gasteiger partial charge is 0.352 e. The van der Waals surface area contributed by atoms with Crippen molar-refractivity contribution in [2.45, 2.75) is 23.2 Å². The monoisotopic (exact) mass is 435 g/mol. The molecule has 0 fully saturated rings. The van der Waals surface area contributed by atoms with Gasteiger partial charge in [0.15, 0.2) is 11.6 Å². The molecule has 1 heterocycles. The first-order valence-corrected chi connectivity index (χ1v) is 9.77. The van der Waals surface area contributed by atoms with Crippen LogP contribution < -0.4 is 11.1 Å². The van der Waals surface area contributed by atoms with Crippen molar-refractivity contribution < 1.29 is 0 Å².